The van der Waals surface area contributed by atoms with Gasteiger partial charge in [0.25, 0.3) is 0 Å². The molecule has 0 amide bonds. The summed E-state index contributed by atoms with van der Waals surface area (Å²) in [7, 11) is 0. The molecule has 54 heavy (non-hydrogen) atoms. The lowest BCUT2D eigenvalue weighted by atomic mass is 9.67. The summed E-state index contributed by atoms with van der Waals surface area (Å²) in [5, 5.41) is 0. The van der Waals surface area contributed by atoms with E-state index in [4.69, 9.17) is 0 Å². The molecule has 0 unspecified atom stereocenters. The smallest absolute Gasteiger partial charge is 0.0714 e. The van der Waals surface area contributed by atoms with Gasteiger partial charge in [-0.2, -0.15) is 0 Å². The summed E-state index contributed by atoms with van der Waals surface area (Å²) in [6.45, 7) is 0. The van der Waals surface area contributed by atoms with Gasteiger partial charge < -0.3 is 4.90 Å². The van der Waals surface area contributed by atoms with Crippen molar-refractivity contribution in [2.24, 2.45) is 0 Å². The fourth-order valence-corrected chi connectivity index (χ4v) is 9.25. The molecule has 2 aliphatic rings. The number of anilines is 3. The van der Waals surface area contributed by atoms with Crippen molar-refractivity contribution >= 4 is 17.1 Å². The average molecular weight is 692 g/mol. The topological polar surface area (TPSA) is 3.24 Å². The summed E-state index contributed by atoms with van der Waals surface area (Å²) in [4.78, 5) is 2.46. The highest BCUT2D eigenvalue weighted by Crippen LogP contribution is 2.57. The van der Waals surface area contributed by atoms with Crippen LogP contribution in [0.25, 0.3) is 33.4 Å². The molecular weight excluding hydrogens is 651 g/mol. The van der Waals surface area contributed by atoms with Crippen molar-refractivity contribution < 1.29 is 0 Å². The molecule has 1 nitrogen and oxygen atoms in total. The van der Waals surface area contributed by atoms with Crippen LogP contribution >= 0.6 is 0 Å². The van der Waals surface area contributed by atoms with Gasteiger partial charge in [-0.1, -0.05) is 170 Å². The van der Waals surface area contributed by atoms with Crippen LogP contribution in [0, 0.1) is 0 Å². The fourth-order valence-electron chi connectivity index (χ4n) is 9.25. The Morgan fingerprint density at radius 3 is 1.63 bits per heavy atom. The molecule has 0 spiro atoms. The summed E-state index contributed by atoms with van der Waals surface area (Å²) in [5.41, 5.74) is 18.6. The second-order valence-corrected chi connectivity index (χ2v) is 14.7. The van der Waals surface area contributed by atoms with Gasteiger partial charge in [0, 0.05) is 16.9 Å². The highest BCUT2D eigenvalue weighted by molar-refractivity contribution is 5.92. The van der Waals surface area contributed by atoms with Crippen LogP contribution in [-0.2, 0) is 18.3 Å². The van der Waals surface area contributed by atoms with Gasteiger partial charge in [-0.15, -0.1) is 0 Å². The Morgan fingerprint density at radius 1 is 0.352 bits per heavy atom. The molecule has 0 aliphatic heterocycles. The van der Waals surface area contributed by atoms with Gasteiger partial charge in [0.05, 0.1) is 11.1 Å². The lowest BCUT2D eigenvalue weighted by Crippen LogP contribution is -2.28. The van der Waals surface area contributed by atoms with E-state index in [2.05, 4.69) is 205 Å². The Kier molecular flexibility index (Phi) is 8.07. The second kappa shape index (κ2) is 13.5. The molecule has 2 aliphatic carbocycles. The van der Waals surface area contributed by atoms with Crippen molar-refractivity contribution in [1.29, 1.82) is 0 Å². The van der Waals surface area contributed by atoms with Crippen LogP contribution in [0.2, 0.25) is 0 Å². The molecule has 8 aromatic rings. The van der Waals surface area contributed by atoms with Gasteiger partial charge in [-0.25, -0.2) is 0 Å². The van der Waals surface area contributed by atoms with E-state index in [9.17, 15) is 0 Å². The quantitative estimate of drug-likeness (QED) is 0.161. The second-order valence-electron chi connectivity index (χ2n) is 14.7. The van der Waals surface area contributed by atoms with Crippen LogP contribution in [0.15, 0.2) is 200 Å². The summed E-state index contributed by atoms with van der Waals surface area (Å²) in [6.07, 6.45) is 4.97. The van der Waals surface area contributed by atoms with Crippen molar-refractivity contribution in [3.8, 4) is 33.4 Å². The molecule has 0 fully saturated rings. The summed E-state index contributed by atoms with van der Waals surface area (Å²) >= 11 is 0. The minimum atomic E-state index is -0.481. The van der Waals surface area contributed by atoms with E-state index in [1.807, 2.05) is 0 Å². The third-order valence-electron chi connectivity index (χ3n) is 11.7. The van der Waals surface area contributed by atoms with Crippen molar-refractivity contribution in [1.82, 2.24) is 0 Å². The van der Waals surface area contributed by atoms with Gasteiger partial charge >= 0.3 is 0 Å². The minimum Gasteiger partial charge on any atom is -0.310 e. The molecule has 0 radical (unpaired) electrons. The lowest BCUT2D eigenvalue weighted by Gasteiger charge is -2.35. The number of rotatable bonds is 7. The third kappa shape index (κ3) is 5.31. The van der Waals surface area contributed by atoms with E-state index >= 15 is 0 Å². The molecule has 0 N–H and O–H groups in total. The predicted molar refractivity (Wildman–Crippen MR) is 226 cm³/mol. The third-order valence-corrected chi connectivity index (χ3v) is 11.7. The van der Waals surface area contributed by atoms with Gasteiger partial charge in [-0.05, 0) is 117 Å². The zero-order valence-electron chi connectivity index (χ0n) is 30.3. The maximum Gasteiger partial charge on any atom is 0.0714 e. The number of hydrogen-bond acceptors (Lipinski definition) is 1. The van der Waals surface area contributed by atoms with Crippen LogP contribution in [-0.4, -0.2) is 0 Å². The average Bonchev–Trinajstić information content (AvgIpc) is 3.55. The Bertz CT molecular complexity index is 2550. The monoisotopic (exact) mass is 691 g/mol. The highest BCUT2D eigenvalue weighted by Gasteiger charge is 2.46. The molecule has 0 saturated heterocycles. The molecule has 0 heterocycles. The van der Waals surface area contributed by atoms with E-state index < -0.39 is 5.41 Å². The Morgan fingerprint density at radius 2 is 0.907 bits per heavy atom. The number of benzene rings is 8. The van der Waals surface area contributed by atoms with E-state index in [0.717, 1.165) is 17.1 Å². The molecule has 0 aromatic heterocycles. The summed E-state index contributed by atoms with van der Waals surface area (Å²) in [5.74, 6) is 0. The van der Waals surface area contributed by atoms with Crippen molar-refractivity contribution in [3.63, 3.8) is 0 Å². The molecule has 258 valence electrons. The highest BCUT2D eigenvalue weighted by atomic mass is 15.1. The minimum absolute atomic E-state index is 0.481. The molecule has 0 saturated carbocycles. The van der Waals surface area contributed by atoms with Gasteiger partial charge in [0.1, 0.15) is 0 Å². The first kappa shape index (κ1) is 32.2. The van der Waals surface area contributed by atoms with Crippen LogP contribution in [0.4, 0.5) is 17.1 Å². The van der Waals surface area contributed by atoms with Crippen molar-refractivity contribution in [2.75, 3.05) is 4.90 Å². The number of fused-ring (bicyclic) bond motifs is 4. The fraction of sp³-hybridized carbons (Fsp3) is 0.0943. The first-order chi connectivity index (χ1) is 26.8. The van der Waals surface area contributed by atoms with E-state index in [1.165, 1.54) is 92.4 Å². The van der Waals surface area contributed by atoms with Crippen LogP contribution in [0.3, 0.4) is 0 Å². The summed E-state index contributed by atoms with van der Waals surface area (Å²) < 4.78 is 0. The number of nitrogens with zero attached hydrogens (tertiary/aromatic N) is 1. The van der Waals surface area contributed by atoms with Gasteiger partial charge in [0.15, 0.2) is 0 Å². The van der Waals surface area contributed by atoms with E-state index in [-0.39, 0.29) is 0 Å². The largest absolute Gasteiger partial charge is 0.310 e. The normalized spacial score (nSPS) is 13.8. The molecule has 0 atom stereocenters. The molecule has 1 heteroatoms. The molecular formula is C53H41N. The zero-order chi connectivity index (χ0) is 35.9. The standard InChI is InChI=1S/C53H41N/c1-4-17-40(18-5-1)47-24-13-15-27-52(47)54(45-32-30-39(31-33-45)42-29-28-38-16-10-11-19-41(38)36-42)46-34-35-49-48-25-12-14-26-50(48)53(51(49)37-46,43-20-6-2-7-21-43)44-22-8-3-9-23-44/h1-9,12-15,17-18,20-37H,10-11,16,19H2. The van der Waals surface area contributed by atoms with Gasteiger partial charge in [-0.3, -0.25) is 0 Å². The predicted octanol–water partition coefficient (Wildman–Crippen LogP) is 13.7. The number of para-hydroxylation sites is 1. The molecule has 0 bridgehead atoms. The maximum absolute atomic E-state index is 2.47. The van der Waals surface area contributed by atoms with Crippen LogP contribution in [0.1, 0.15) is 46.2 Å². The lowest BCUT2D eigenvalue weighted by molar-refractivity contribution is 0.686. The first-order valence-corrected chi connectivity index (χ1v) is 19.3. The molecule has 10 rings (SSSR count). The van der Waals surface area contributed by atoms with Gasteiger partial charge in [0.2, 0.25) is 0 Å². The Balaban J connectivity index is 1.19. The van der Waals surface area contributed by atoms with Crippen LogP contribution < -0.4 is 4.90 Å². The maximum atomic E-state index is 2.47. The molecule has 8 aromatic carbocycles. The van der Waals surface area contributed by atoms with Crippen molar-refractivity contribution in [3.05, 3.63) is 234 Å². The Hall–Kier alpha value is -6.44. The number of aryl methyl sites for hydroxylation is 2. The van der Waals surface area contributed by atoms with Crippen molar-refractivity contribution in [2.45, 2.75) is 31.1 Å². The first-order valence-electron chi connectivity index (χ1n) is 19.3. The summed E-state index contributed by atoms with van der Waals surface area (Å²) in [6, 6.07) is 74.2. The van der Waals surface area contributed by atoms with E-state index in [1.54, 1.807) is 0 Å². The zero-order valence-corrected chi connectivity index (χ0v) is 30.3. The Labute approximate surface area is 318 Å². The SMILES string of the molecule is c1ccc(-c2ccccc2N(c2ccc(-c3ccc4c(c3)CCCC4)cc2)c2ccc3c(c2)C(c2ccccc2)(c2ccccc2)c2ccccc2-3)cc1. The van der Waals surface area contributed by atoms with Crippen LogP contribution in [0.5, 0.6) is 0 Å². The number of hydrogen-bond donors (Lipinski definition) is 0. The van der Waals surface area contributed by atoms with E-state index in [0.29, 0.717) is 0 Å².